The van der Waals surface area contributed by atoms with Gasteiger partial charge in [-0.1, -0.05) is 36.4 Å². The smallest absolute Gasteiger partial charge is 0.320 e. The molecule has 0 N–H and O–H groups in total. The van der Waals surface area contributed by atoms with Crippen molar-refractivity contribution in [1.29, 1.82) is 0 Å². The van der Waals surface area contributed by atoms with Gasteiger partial charge in [-0.25, -0.2) is 4.98 Å². The number of amides is 1. The van der Waals surface area contributed by atoms with Crippen molar-refractivity contribution in [2.45, 2.75) is 13.0 Å². The fourth-order valence-corrected chi connectivity index (χ4v) is 3.33. The molecule has 1 aliphatic heterocycles. The number of carbonyl (C=O) groups is 2. The van der Waals surface area contributed by atoms with E-state index in [-0.39, 0.29) is 25.0 Å². The third kappa shape index (κ3) is 5.87. The Balaban J connectivity index is 1.48. The molecule has 0 spiro atoms. The van der Waals surface area contributed by atoms with Crippen LogP contribution < -0.4 is 0 Å². The van der Waals surface area contributed by atoms with Gasteiger partial charge in [0.2, 0.25) is 0 Å². The van der Waals surface area contributed by atoms with Crippen LogP contribution >= 0.6 is 15.9 Å². The zero-order valence-electron chi connectivity index (χ0n) is 15.0. The molecule has 1 saturated heterocycles. The van der Waals surface area contributed by atoms with Crippen LogP contribution in [0.25, 0.3) is 0 Å². The van der Waals surface area contributed by atoms with Gasteiger partial charge in [0, 0.05) is 26.2 Å². The Morgan fingerprint density at radius 3 is 2.59 bits per heavy atom. The van der Waals surface area contributed by atoms with Crippen LogP contribution in [0.2, 0.25) is 0 Å². The summed E-state index contributed by atoms with van der Waals surface area (Å²) >= 11 is 3.30. The van der Waals surface area contributed by atoms with Crippen molar-refractivity contribution < 1.29 is 14.3 Å². The van der Waals surface area contributed by atoms with Gasteiger partial charge in [-0.3, -0.25) is 14.5 Å². The Morgan fingerprint density at radius 1 is 1.00 bits per heavy atom. The lowest BCUT2D eigenvalue weighted by atomic mass is 10.2. The number of hydrogen-bond acceptors (Lipinski definition) is 5. The number of rotatable bonds is 5. The molecule has 6 nitrogen and oxygen atoms in total. The SMILES string of the molecule is O=C(CN1CCCN(C(=O)c2cccc(Br)n2)CC1)OCc1ccccc1. The highest BCUT2D eigenvalue weighted by molar-refractivity contribution is 9.10. The Labute approximate surface area is 167 Å². The summed E-state index contributed by atoms with van der Waals surface area (Å²) in [6, 6.07) is 14.9. The number of ether oxygens (including phenoxy) is 1. The van der Waals surface area contributed by atoms with Gasteiger partial charge in [0.15, 0.2) is 0 Å². The molecule has 2 aromatic rings. The highest BCUT2D eigenvalue weighted by atomic mass is 79.9. The number of esters is 1. The van der Waals surface area contributed by atoms with Crippen molar-refractivity contribution in [2.75, 3.05) is 32.7 Å². The average molecular weight is 432 g/mol. The predicted octanol–water partition coefficient (Wildman–Crippen LogP) is 2.74. The van der Waals surface area contributed by atoms with Crippen LogP contribution in [-0.2, 0) is 16.1 Å². The molecule has 1 aromatic heterocycles. The summed E-state index contributed by atoms with van der Waals surface area (Å²) in [5.74, 6) is -0.322. The van der Waals surface area contributed by atoms with Gasteiger partial charge >= 0.3 is 5.97 Å². The molecule has 0 saturated carbocycles. The topological polar surface area (TPSA) is 62.7 Å². The van der Waals surface area contributed by atoms with E-state index >= 15 is 0 Å². The Kier molecular flexibility index (Phi) is 6.95. The summed E-state index contributed by atoms with van der Waals surface area (Å²) in [7, 11) is 0. The van der Waals surface area contributed by atoms with Gasteiger partial charge in [-0.2, -0.15) is 0 Å². The summed E-state index contributed by atoms with van der Waals surface area (Å²) in [6.45, 7) is 3.15. The van der Waals surface area contributed by atoms with Gasteiger partial charge < -0.3 is 9.64 Å². The molecule has 7 heteroatoms. The van der Waals surface area contributed by atoms with E-state index in [9.17, 15) is 9.59 Å². The molecule has 3 rings (SSSR count). The van der Waals surface area contributed by atoms with E-state index in [4.69, 9.17) is 4.74 Å². The van der Waals surface area contributed by atoms with Gasteiger partial charge in [0.05, 0.1) is 6.54 Å². The van der Waals surface area contributed by atoms with E-state index < -0.39 is 0 Å². The van der Waals surface area contributed by atoms with E-state index in [0.29, 0.717) is 29.9 Å². The standard InChI is InChI=1S/C20H22BrN3O3/c21-18-9-4-8-17(22-18)20(26)24-11-5-10-23(12-13-24)14-19(25)27-15-16-6-2-1-3-7-16/h1-4,6-9H,5,10-15H2. The van der Waals surface area contributed by atoms with E-state index in [1.54, 1.807) is 23.1 Å². The summed E-state index contributed by atoms with van der Waals surface area (Å²) in [4.78, 5) is 32.8. The number of pyridine rings is 1. The second kappa shape index (κ2) is 9.62. The van der Waals surface area contributed by atoms with Crippen molar-refractivity contribution in [2.24, 2.45) is 0 Å². The maximum atomic E-state index is 12.6. The number of hydrogen-bond donors (Lipinski definition) is 0. The van der Waals surface area contributed by atoms with Crippen molar-refractivity contribution in [1.82, 2.24) is 14.8 Å². The van der Waals surface area contributed by atoms with E-state index in [1.807, 2.05) is 35.2 Å². The van der Waals surface area contributed by atoms with Crippen molar-refractivity contribution in [3.63, 3.8) is 0 Å². The van der Waals surface area contributed by atoms with Crippen LogP contribution in [0.4, 0.5) is 0 Å². The minimum Gasteiger partial charge on any atom is -0.460 e. The first-order valence-corrected chi connectivity index (χ1v) is 9.75. The summed E-state index contributed by atoms with van der Waals surface area (Å²) in [5, 5.41) is 0. The van der Waals surface area contributed by atoms with Crippen LogP contribution in [0.5, 0.6) is 0 Å². The summed E-state index contributed by atoms with van der Waals surface area (Å²) in [6.07, 6.45) is 0.811. The van der Waals surface area contributed by atoms with Gasteiger partial charge in [0.1, 0.15) is 16.9 Å². The van der Waals surface area contributed by atoms with Crippen LogP contribution in [0, 0.1) is 0 Å². The van der Waals surface area contributed by atoms with Crippen LogP contribution in [0.1, 0.15) is 22.5 Å². The molecule has 1 amide bonds. The number of carbonyl (C=O) groups excluding carboxylic acids is 2. The molecular weight excluding hydrogens is 410 g/mol. The third-order valence-electron chi connectivity index (χ3n) is 4.41. The minimum absolute atomic E-state index is 0.0789. The molecule has 1 aromatic carbocycles. The molecular formula is C20H22BrN3O3. The van der Waals surface area contributed by atoms with Crippen LogP contribution in [-0.4, -0.2) is 59.4 Å². The lowest BCUT2D eigenvalue weighted by Crippen LogP contribution is -2.37. The number of benzene rings is 1. The van der Waals surface area contributed by atoms with E-state index in [0.717, 1.165) is 18.5 Å². The zero-order chi connectivity index (χ0) is 19.1. The first-order valence-electron chi connectivity index (χ1n) is 8.95. The molecule has 1 fully saturated rings. The Bertz CT molecular complexity index is 785. The zero-order valence-corrected chi connectivity index (χ0v) is 16.6. The lowest BCUT2D eigenvalue weighted by molar-refractivity contribution is -0.146. The van der Waals surface area contributed by atoms with Gasteiger partial charge in [0.25, 0.3) is 5.91 Å². The Hall–Kier alpha value is -2.25. The minimum atomic E-state index is -0.243. The quantitative estimate of drug-likeness (QED) is 0.537. The second-order valence-corrected chi connectivity index (χ2v) is 7.23. The predicted molar refractivity (Wildman–Crippen MR) is 105 cm³/mol. The monoisotopic (exact) mass is 431 g/mol. The third-order valence-corrected chi connectivity index (χ3v) is 4.85. The molecule has 0 unspecified atom stereocenters. The largest absolute Gasteiger partial charge is 0.460 e. The van der Waals surface area contributed by atoms with Gasteiger partial charge in [-0.15, -0.1) is 0 Å². The number of halogens is 1. The molecule has 0 radical (unpaired) electrons. The van der Waals surface area contributed by atoms with Crippen molar-refractivity contribution >= 4 is 27.8 Å². The molecule has 0 bridgehead atoms. The van der Waals surface area contributed by atoms with Crippen molar-refractivity contribution in [3.05, 3.63) is 64.4 Å². The number of aromatic nitrogens is 1. The van der Waals surface area contributed by atoms with Gasteiger partial charge in [-0.05, 0) is 40.0 Å². The summed E-state index contributed by atoms with van der Waals surface area (Å²) < 4.78 is 6.00. The normalized spacial score (nSPS) is 15.2. The lowest BCUT2D eigenvalue weighted by Gasteiger charge is -2.21. The fourth-order valence-electron chi connectivity index (χ4n) is 2.99. The average Bonchev–Trinajstić information content (AvgIpc) is 2.92. The highest BCUT2D eigenvalue weighted by Crippen LogP contribution is 2.11. The van der Waals surface area contributed by atoms with E-state index in [1.165, 1.54) is 0 Å². The first-order chi connectivity index (χ1) is 13.1. The number of nitrogens with zero attached hydrogens (tertiary/aromatic N) is 3. The maximum absolute atomic E-state index is 12.6. The first kappa shape index (κ1) is 19.5. The molecule has 0 aliphatic carbocycles. The molecule has 142 valence electrons. The molecule has 2 heterocycles. The Morgan fingerprint density at radius 2 is 1.81 bits per heavy atom. The van der Waals surface area contributed by atoms with Crippen LogP contribution in [0.15, 0.2) is 53.1 Å². The molecule has 27 heavy (non-hydrogen) atoms. The summed E-state index contributed by atoms with van der Waals surface area (Å²) in [5.41, 5.74) is 1.40. The van der Waals surface area contributed by atoms with E-state index in [2.05, 4.69) is 20.9 Å². The molecule has 0 atom stereocenters. The maximum Gasteiger partial charge on any atom is 0.320 e. The fraction of sp³-hybridized carbons (Fsp3) is 0.350. The van der Waals surface area contributed by atoms with Crippen molar-refractivity contribution in [3.8, 4) is 0 Å². The molecule has 1 aliphatic rings. The van der Waals surface area contributed by atoms with Crippen LogP contribution in [0.3, 0.4) is 0 Å². The highest BCUT2D eigenvalue weighted by Gasteiger charge is 2.22. The second-order valence-electron chi connectivity index (χ2n) is 6.41.